The lowest BCUT2D eigenvalue weighted by molar-refractivity contribution is -0.114. The van der Waals surface area contributed by atoms with Gasteiger partial charge in [0.25, 0.3) is 0 Å². The van der Waals surface area contributed by atoms with Crippen LogP contribution in [-0.2, 0) is 9.59 Å². The number of likely N-dealkylation sites (N-methyl/N-ethyl adjacent to an activating group) is 1. The van der Waals surface area contributed by atoms with Crippen molar-refractivity contribution in [3.63, 3.8) is 0 Å². The van der Waals surface area contributed by atoms with E-state index in [1.807, 2.05) is 6.92 Å². The number of rotatable bonds is 5. The van der Waals surface area contributed by atoms with E-state index in [4.69, 9.17) is 0 Å². The Bertz CT molecular complexity index is 536. The van der Waals surface area contributed by atoms with E-state index >= 15 is 0 Å². The lowest BCUT2D eigenvalue weighted by Crippen LogP contribution is -2.28. The summed E-state index contributed by atoms with van der Waals surface area (Å²) in [6, 6.07) is 0. The molecular weight excluding hydrogens is 240 g/mol. The molecule has 0 amide bonds. The number of nitrogens with one attached hydrogen (secondary N) is 2. The summed E-state index contributed by atoms with van der Waals surface area (Å²) in [5.74, 6) is -0.237. The maximum absolute atomic E-state index is 12.1. The second-order valence-corrected chi connectivity index (χ2v) is 4.43. The first-order chi connectivity index (χ1) is 9.19. The van der Waals surface area contributed by atoms with E-state index < -0.39 is 0 Å². The van der Waals surface area contributed by atoms with Crippen molar-refractivity contribution < 1.29 is 9.59 Å². The summed E-state index contributed by atoms with van der Waals surface area (Å²) < 4.78 is 0. The molecule has 19 heavy (non-hydrogen) atoms. The molecule has 0 saturated carbocycles. The van der Waals surface area contributed by atoms with E-state index in [1.54, 1.807) is 12.2 Å². The van der Waals surface area contributed by atoms with Crippen LogP contribution in [0.2, 0.25) is 0 Å². The highest BCUT2D eigenvalue weighted by Crippen LogP contribution is 2.28. The number of hydrogen-bond acceptors (Lipinski definition) is 4. The molecule has 0 radical (unpaired) electrons. The molecule has 2 aliphatic carbocycles. The van der Waals surface area contributed by atoms with Gasteiger partial charge in [-0.2, -0.15) is 0 Å². The van der Waals surface area contributed by atoms with Gasteiger partial charge in [0.1, 0.15) is 0 Å². The minimum absolute atomic E-state index is 0.118. The monoisotopic (exact) mass is 258 g/mol. The molecule has 0 bridgehead atoms. The van der Waals surface area contributed by atoms with E-state index in [1.165, 1.54) is 12.2 Å². The predicted octanol–water partition coefficient (Wildman–Crippen LogP) is 1.38. The van der Waals surface area contributed by atoms with Crippen LogP contribution in [0.15, 0.2) is 46.8 Å². The molecule has 0 aromatic carbocycles. The van der Waals surface area contributed by atoms with Gasteiger partial charge >= 0.3 is 0 Å². The quantitative estimate of drug-likeness (QED) is 0.782. The van der Waals surface area contributed by atoms with Crippen LogP contribution in [0.4, 0.5) is 0 Å². The van der Waals surface area contributed by atoms with Crippen LogP contribution in [0.1, 0.15) is 20.3 Å². The second-order valence-electron chi connectivity index (χ2n) is 4.43. The SMILES string of the molecule is CCCNC1=C2C(=O)C=CC(NCC)=C2C(=O)C=C1. The third-order valence-electron chi connectivity index (χ3n) is 3.02. The van der Waals surface area contributed by atoms with Crippen molar-refractivity contribution in [2.45, 2.75) is 20.3 Å². The van der Waals surface area contributed by atoms with E-state index in [0.29, 0.717) is 17.7 Å². The molecule has 0 aliphatic heterocycles. The molecule has 2 N–H and O–H groups in total. The normalized spacial score (nSPS) is 18.0. The van der Waals surface area contributed by atoms with Gasteiger partial charge in [-0.25, -0.2) is 0 Å². The molecule has 0 aromatic rings. The largest absolute Gasteiger partial charge is 0.385 e. The number of allylic oxidation sites excluding steroid dienone is 6. The van der Waals surface area contributed by atoms with Crippen molar-refractivity contribution in [3.05, 3.63) is 46.8 Å². The van der Waals surface area contributed by atoms with Gasteiger partial charge in [0.15, 0.2) is 11.6 Å². The highest BCUT2D eigenvalue weighted by Gasteiger charge is 2.29. The lowest BCUT2D eigenvalue weighted by Gasteiger charge is -2.22. The predicted molar refractivity (Wildman–Crippen MR) is 74.3 cm³/mol. The second kappa shape index (κ2) is 5.69. The minimum atomic E-state index is -0.120. The van der Waals surface area contributed by atoms with Crippen molar-refractivity contribution in [2.75, 3.05) is 13.1 Å². The molecule has 0 saturated heterocycles. The molecule has 0 heterocycles. The molecule has 2 aliphatic rings. The van der Waals surface area contributed by atoms with Gasteiger partial charge in [-0.1, -0.05) is 6.92 Å². The highest BCUT2D eigenvalue weighted by molar-refractivity contribution is 6.23. The average Bonchev–Trinajstić information content (AvgIpc) is 2.41. The maximum atomic E-state index is 12.1. The summed E-state index contributed by atoms with van der Waals surface area (Å²) in [7, 11) is 0. The topological polar surface area (TPSA) is 58.2 Å². The van der Waals surface area contributed by atoms with Gasteiger partial charge in [0.05, 0.1) is 11.1 Å². The molecule has 0 unspecified atom stereocenters. The molecule has 4 nitrogen and oxygen atoms in total. The molecule has 2 rings (SSSR count). The Labute approximate surface area is 113 Å². The van der Waals surface area contributed by atoms with Crippen LogP contribution in [0, 0.1) is 0 Å². The number of carbonyl (C=O) groups excluding carboxylic acids is 2. The third-order valence-corrected chi connectivity index (χ3v) is 3.02. The molecular formula is C15H18N2O2. The fraction of sp³-hybridized carbons (Fsp3) is 0.333. The first-order valence-corrected chi connectivity index (χ1v) is 6.60. The van der Waals surface area contributed by atoms with Gasteiger partial charge < -0.3 is 10.6 Å². The number of carbonyl (C=O) groups is 2. The smallest absolute Gasteiger partial charge is 0.188 e. The summed E-state index contributed by atoms with van der Waals surface area (Å²) in [6.07, 6.45) is 7.36. The van der Waals surface area contributed by atoms with E-state index in [9.17, 15) is 9.59 Å². The van der Waals surface area contributed by atoms with Crippen LogP contribution in [0.25, 0.3) is 0 Å². The highest BCUT2D eigenvalue weighted by atomic mass is 16.1. The summed E-state index contributed by atoms with van der Waals surface area (Å²) in [4.78, 5) is 24.1. The van der Waals surface area contributed by atoms with E-state index in [2.05, 4.69) is 17.6 Å². The Morgan fingerprint density at radius 1 is 0.842 bits per heavy atom. The van der Waals surface area contributed by atoms with Gasteiger partial charge in [0, 0.05) is 24.5 Å². The van der Waals surface area contributed by atoms with Crippen LogP contribution in [0.5, 0.6) is 0 Å². The Kier molecular flexibility index (Phi) is 4.00. The summed E-state index contributed by atoms with van der Waals surface area (Å²) >= 11 is 0. The first kappa shape index (κ1) is 13.3. The molecule has 4 heteroatoms. The standard InChI is InChI=1S/C15H18N2O2/c1-3-9-17-11-6-8-12(18)14-10(16-4-2)5-7-13(19)15(11)14/h5-8,16-17H,3-4,9H2,1-2H3. The fourth-order valence-corrected chi connectivity index (χ4v) is 2.18. The Balaban J connectivity index is 2.49. The maximum Gasteiger partial charge on any atom is 0.188 e. The zero-order valence-electron chi connectivity index (χ0n) is 11.2. The van der Waals surface area contributed by atoms with Gasteiger partial charge in [0.2, 0.25) is 0 Å². The minimum Gasteiger partial charge on any atom is -0.385 e. The van der Waals surface area contributed by atoms with Crippen molar-refractivity contribution in [3.8, 4) is 0 Å². The van der Waals surface area contributed by atoms with Crippen LogP contribution in [-0.4, -0.2) is 24.7 Å². The Morgan fingerprint density at radius 3 is 1.84 bits per heavy atom. The zero-order valence-corrected chi connectivity index (χ0v) is 11.2. The first-order valence-electron chi connectivity index (χ1n) is 6.60. The van der Waals surface area contributed by atoms with Gasteiger partial charge in [-0.05, 0) is 37.6 Å². The van der Waals surface area contributed by atoms with E-state index in [0.717, 1.165) is 24.4 Å². The number of hydrogen-bond donors (Lipinski definition) is 2. The van der Waals surface area contributed by atoms with Gasteiger partial charge in [-0.3, -0.25) is 9.59 Å². The van der Waals surface area contributed by atoms with Crippen molar-refractivity contribution in [2.24, 2.45) is 0 Å². The summed E-state index contributed by atoms with van der Waals surface area (Å²) in [6.45, 7) is 5.50. The van der Waals surface area contributed by atoms with Crippen LogP contribution >= 0.6 is 0 Å². The van der Waals surface area contributed by atoms with Crippen molar-refractivity contribution in [1.82, 2.24) is 10.6 Å². The summed E-state index contributed by atoms with van der Waals surface area (Å²) in [5.41, 5.74) is 2.43. The van der Waals surface area contributed by atoms with Crippen molar-refractivity contribution >= 4 is 11.6 Å². The molecule has 0 fully saturated rings. The van der Waals surface area contributed by atoms with Gasteiger partial charge in [-0.15, -0.1) is 0 Å². The van der Waals surface area contributed by atoms with Crippen LogP contribution in [0.3, 0.4) is 0 Å². The Morgan fingerprint density at radius 2 is 1.37 bits per heavy atom. The number of fused-ring (bicyclic) bond motifs is 1. The summed E-state index contributed by atoms with van der Waals surface area (Å²) in [5, 5.41) is 6.34. The Hall–Kier alpha value is -2.10. The van der Waals surface area contributed by atoms with Crippen molar-refractivity contribution in [1.29, 1.82) is 0 Å². The molecule has 100 valence electrons. The zero-order chi connectivity index (χ0) is 13.8. The van der Waals surface area contributed by atoms with E-state index in [-0.39, 0.29) is 11.6 Å². The fourth-order valence-electron chi connectivity index (χ4n) is 2.18. The molecule has 0 spiro atoms. The lowest BCUT2D eigenvalue weighted by atomic mass is 9.86. The van der Waals surface area contributed by atoms with Crippen LogP contribution < -0.4 is 10.6 Å². The average molecular weight is 258 g/mol. The molecule has 0 atom stereocenters. The third kappa shape index (κ3) is 2.52. The number of ketones is 2. The molecule has 0 aromatic heterocycles.